The molecule has 3 rings (SSSR count). The number of rotatable bonds is 7. The van der Waals surface area contributed by atoms with Crippen molar-refractivity contribution >= 4 is 28.6 Å². The van der Waals surface area contributed by atoms with Gasteiger partial charge in [0.05, 0.1) is 23.5 Å². The zero-order chi connectivity index (χ0) is 23.3. The molecule has 1 amide bonds. The Bertz CT molecular complexity index is 1170. The average molecular weight is 448 g/mol. The molecule has 2 aromatic carbocycles. The molecule has 11 heteroatoms. The molecule has 0 N–H and O–H groups in total. The van der Waals surface area contributed by atoms with Gasteiger partial charge < -0.3 is 14.2 Å². The maximum atomic E-state index is 13.3. The minimum atomic E-state index is -4.80. The van der Waals surface area contributed by atoms with Crippen LogP contribution in [0.2, 0.25) is 0 Å². The highest BCUT2D eigenvalue weighted by Crippen LogP contribution is 2.31. The number of alkyl halides is 3. The summed E-state index contributed by atoms with van der Waals surface area (Å²) in [7, 11) is 0. The molecule has 0 bridgehead atoms. The summed E-state index contributed by atoms with van der Waals surface area (Å²) in [4.78, 5) is 29.4. The summed E-state index contributed by atoms with van der Waals surface area (Å²) in [5.74, 6) is -3.58. The number of fused-ring (bicyclic) bond motifs is 1. The predicted octanol–water partition coefficient (Wildman–Crippen LogP) is 3.68. The Kier molecular flexibility index (Phi) is 6.73. The maximum Gasteiger partial charge on any atom is 0.449 e. The van der Waals surface area contributed by atoms with Gasteiger partial charge in [-0.2, -0.15) is 18.4 Å². The fourth-order valence-corrected chi connectivity index (χ4v) is 3.03. The third kappa shape index (κ3) is 5.21. The first kappa shape index (κ1) is 22.7. The number of nitrogens with zero attached hydrogens (tertiary/aromatic N) is 4. The number of halogens is 4. The maximum absolute atomic E-state index is 13.3. The molecule has 0 aliphatic rings. The molecule has 0 atom stereocenters. The van der Waals surface area contributed by atoms with Crippen LogP contribution in [0.4, 0.5) is 23.2 Å². The Morgan fingerprint density at radius 3 is 2.47 bits per heavy atom. The number of carbonyl (C=O) groups excluding carboxylic acids is 2. The molecule has 166 valence electrons. The van der Waals surface area contributed by atoms with Gasteiger partial charge in [0.15, 0.2) is 6.61 Å². The number of esters is 1. The van der Waals surface area contributed by atoms with E-state index in [9.17, 15) is 27.2 Å². The van der Waals surface area contributed by atoms with E-state index in [4.69, 9.17) is 10.00 Å². The van der Waals surface area contributed by atoms with E-state index in [2.05, 4.69) is 4.98 Å². The highest BCUT2D eigenvalue weighted by Gasteiger charge is 2.38. The molecule has 1 heterocycles. The van der Waals surface area contributed by atoms with Crippen molar-refractivity contribution in [3.8, 4) is 6.07 Å². The quantitative estimate of drug-likeness (QED) is 0.406. The largest absolute Gasteiger partial charge is 0.454 e. The van der Waals surface area contributed by atoms with Gasteiger partial charge in [0.1, 0.15) is 12.4 Å². The summed E-state index contributed by atoms with van der Waals surface area (Å²) >= 11 is 0. The second kappa shape index (κ2) is 9.47. The van der Waals surface area contributed by atoms with E-state index in [0.717, 1.165) is 17.0 Å². The fourth-order valence-electron chi connectivity index (χ4n) is 3.03. The van der Waals surface area contributed by atoms with Crippen LogP contribution in [0, 0.1) is 17.1 Å². The number of carbonyl (C=O) groups is 2. The summed E-state index contributed by atoms with van der Waals surface area (Å²) in [6.07, 6.45) is -4.83. The fraction of sp³-hybridized carbons (Fsp3) is 0.238. The number of aromatic nitrogens is 2. The zero-order valence-electron chi connectivity index (χ0n) is 16.5. The lowest BCUT2D eigenvalue weighted by atomic mass is 10.2. The number of amides is 1. The molecule has 0 aliphatic heterocycles. The SMILES string of the molecule is N#CCCN(C(=O)COC(=O)Cn1c(C(F)(F)F)nc2ccccc21)c1ccc(F)cc1. The minimum absolute atomic E-state index is 0.0347. The molecule has 0 radical (unpaired) electrons. The van der Waals surface area contributed by atoms with Crippen LogP contribution in [0.25, 0.3) is 11.0 Å². The average Bonchev–Trinajstić information content (AvgIpc) is 3.12. The smallest absolute Gasteiger partial charge is 0.449 e. The van der Waals surface area contributed by atoms with Crippen LogP contribution in [-0.4, -0.2) is 34.6 Å². The van der Waals surface area contributed by atoms with Gasteiger partial charge in [-0.25, -0.2) is 9.37 Å². The molecule has 1 aromatic heterocycles. The molecule has 32 heavy (non-hydrogen) atoms. The van der Waals surface area contributed by atoms with Crippen molar-refractivity contribution in [3.63, 3.8) is 0 Å². The van der Waals surface area contributed by atoms with Crippen LogP contribution < -0.4 is 4.90 Å². The van der Waals surface area contributed by atoms with Crippen LogP contribution in [0.15, 0.2) is 48.5 Å². The minimum Gasteiger partial charge on any atom is -0.454 e. The number of hydrogen-bond acceptors (Lipinski definition) is 5. The van der Waals surface area contributed by atoms with Crippen LogP contribution in [0.5, 0.6) is 0 Å². The number of nitriles is 1. The van der Waals surface area contributed by atoms with E-state index < -0.39 is 42.8 Å². The van der Waals surface area contributed by atoms with Gasteiger partial charge in [0.2, 0.25) is 5.82 Å². The van der Waals surface area contributed by atoms with Crippen molar-refractivity contribution in [2.45, 2.75) is 19.1 Å². The Balaban J connectivity index is 1.73. The van der Waals surface area contributed by atoms with Gasteiger partial charge >= 0.3 is 12.1 Å². The first-order valence-electron chi connectivity index (χ1n) is 9.31. The number of imidazole rings is 1. The topological polar surface area (TPSA) is 88.2 Å². The van der Waals surface area contributed by atoms with Crippen LogP contribution in [0.1, 0.15) is 12.2 Å². The predicted molar refractivity (Wildman–Crippen MR) is 105 cm³/mol. The number of para-hydroxylation sites is 2. The lowest BCUT2D eigenvalue weighted by Gasteiger charge is -2.21. The summed E-state index contributed by atoms with van der Waals surface area (Å²) < 4.78 is 58.8. The number of benzene rings is 2. The van der Waals surface area contributed by atoms with Crippen molar-refractivity contribution in [1.29, 1.82) is 5.26 Å². The molecule has 0 saturated heterocycles. The first-order chi connectivity index (χ1) is 15.2. The molecular formula is C21H16F4N4O3. The molecule has 7 nitrogen and oxygen atoms in total. The lowest BCUT2D eigenvalue weighted by Crippen LogP contribution is -2.36. The van der Waals surface area contributed by atoms with Crippen LogP contribution >= 0.6 is 0 Å². The van der Waals surface area contributed by atoms with Crippen LogP contribution in [-0.2, 0) is 27.0 Å². The molecule has 0 unspecified atom stereocenters. The van der Waals surface area contributed by atoms with Crippen molar-refractivity contribution in [2.24, 2.45) is 0 Å². The number of hydrogen-bond donors (Lipinski definition) is 0. The third-order valence-electron chi connectivity index (χ3n) is 4.44. The number of anilines is 1. The van der Waals surface area contributed by atoms with E-state index in [1.54, 1.807) is 0 Å². The molecule has 0 aliphatic carbocycles. The summed E-state index contributed by atoms with van der Waals surface area (Å²) in [5, 5.41) is 8.79. The van der Waals surface area contributed by atoms with E-state index in [1.165, 1.54) is 36.4 Å². The van der Waals surface area contributed by atoms with Crippen LogP contribution in [0.3, 0.4) is 0 Å². The van der Waals surface area contributed by atoms with Gasteiger partial charge in [-0.3, -0.25) is 9.59 Å². The molecule has 0 saturated carbocycles. The van der Waals surface area contributed by atoms with Gasteiger partial charge in [0.25, 0.3) is 5.91 Å². The van der Waals surface area contributed by atoms with E-state index in [1.807, 2.05) is 6.07 Å². The Morgan fingerprint density at radius 1 is 1.12 bits per heavy atom. The lowest BCUT2D eigenvalue weighted by molar-refractivity contribution is -0.152. The Hall–Kier alpha value is -3.94. The second-order valence-corrected chi connectivity index (χ2v) is 6.60. The van der Waals surface area contributed by atoms with Crippen molar-refractivity contribution in [2.75, 3.05) is 18.1 Å². The van der Waals surface area contributed by atoms with E-state index >= 15 is 0 Å². The standard InChI is InChI=1S/C21H16F4N4O3/c22-14-6-8-15(9-7-14)28(11-3-10-26)18(30)13-32-19(31)12-29-17-5-2-1-4-16(17)27-20(29)21(23,24)25/h1-2,4-9H,3,11-13H2. The van der Waals surface area contributed by atoms with Crippen molar-refractivity contribution < 1.29 is 31.9 Å². The first-order valence-corrected chi connectivity index (χ1v) is 9.31. The monoisotopic (exact) mass is 448 g/mol. The summed E-state index contributed by atoms with van der Waals surface area (Å²) in [6, 6.07) is 12.5. The highest BCUT2D eigenvalue weighted by atomic mass is 19.4. The van der Waals surface area contributed by atoms with Gasteiger partial charge in [-0.05, 0) is 36.4 Å². The van der Waals surface area contributed by atoms with E-state index in [0.29, 0.717) is 4.57 Å². The highest BCUT2D eigenvalue weighted by molar-refractivity contribution is 5.95. The van der Waals surface area contributed by atoms with Gasteiger partial charge in [0, 0.05) is 12.2 Å². The van der Waals surface area contributed by atoms with Gasteiger partial charge in [-0.1, -0.05) is 12.1 Å². The van der Waals surface area contributed by atoms with Crippen molar-refractivity contribution in [3.05, 3.63) is 60.2 Å². The molecule has 3 aromatic rings. The normalized spacial score (nSPS) is 11.2. The number of ether oxygens (including phenoxy) is 1. The molecular weight excluding hydrogens is 432 g/mol. The Labute approximate surface area is 179 Å². The van der Waals surface area contributed by atoms with Crippen molar-refractivity contribution in [1.82, 2.24) is 9.55 Å². The zero-order valence-corrected chi connectivity index (χ0v) is 16.5. The van der Waals surface area contributed by atoms with Gasteiger partial charge in [-0.15, -0.1) is 0 Å². The third-order valence-corrected chi connectivity index (χ3v) is 4.44. The summed E-state index contributed by atoms with van der Waals surface area (Å²) in [6.45, 7) is -1.62. The Morgan fingerprint density at radius 2 is 1.81 bits per heavy atom. The molecule has 0 fully saturated rings. The van der Waals surface area contributed by atoms with E-state index in [-0.39, 0.29) is 29.7 Å². The summed E-state index contributed by atoms with van der Waals surface area (Å²) in [5.41, 5.74) is 0.426. The second-order valence-electron chi connectivity index (χ2n) is 6.60. The molecule has 0 spiro atoms.